The third-order valence-corrected chi connectivity index (χ3v) is 2.96. The van der Waals surface area contributed by atoms with Crippen molar-refractivity contribution in [1.29, 1.82) is 0 Å². The first kappa shape index (κ1) is 16.7. The van der Waals surface area contributed by atoms with Gasteiger partial charge in [0.05, 0.1) is 12.6 Å². The minimum absolute atomic E-state index is 0.101. The maximum atomic E-state index is 12.2. The predicted molar refractivity (Wildman–Crippen MR) is 80.5 cm³/mol. The Morgan fingerprint density at radius 2 is 1.90 bits per heavy atom. The number of hydrogen-bond donors (Lipinski definition) is 1. The standard InChI is InChI=1S/C16H25NO3/c1-4-19-12-6-11-17-13(3)16(18)14-7-9-15(10-8-14)20-5-2/h7-10,13,17H,4-6,11-12H2,1-3H3. The van der Waals surface area contributed by atoms with Crippen molar-refractivity contribution in [1.82, 2.24) is 5.32 Å². The van der Waals surface area contributed by atoms with Gasteiger partial charge in [-0.1, -0.05) is 0 Å². The molecule has 0 amide bonds. The van der Waals surface area contributed by atoms with E-state index in [1.165, 1.54) is 0 Å². The molecule has 1 rings (SSSR count). The van der Waals surface area contributed by atoms with Gasteiger partial charge in [0.25, 0.3) is 0 Å². The van der Waals surface area contributed by atoms with Crippen molar-refractivity contribution in [3.8, 4) is 5.75 Å². The van der Waals surface area contributed by atoms with Crippen LogP contribution in [0.3, 0.4) is 0 Å². The van der Waals surface area contributed by atoms with Crippen LogP contribution in [0.2, 0.25) is 0 Å². The Kier molecular flexibility index (Phi) is 7.92. The number of ketones is 1. The van der Waals surface area contributed by atoms with Crippen LogP contribution < -0.4 is 10.1 Å². The van der Waals surface area contributed by atoms with Gasteiger partial charge in [-0.15, -0.1) is 0 Å². The molecule has 1 N–H and O–H groups in total. The Hall–Kier alpha value is -1.39. The summed E-state index contributed by atoms with van der Waals surface area (Å²) in [6, 6.07) is 7.10. The summed E-state index contributed by atoms with van der Waals surface area (Å²) in [6.45, 7) is 8.68. The van der Waals surface area contributed by atoms with E-state index in [1.807, 2.05) is 45.0 Å². The molecule has 0 saturated heterocycles. The van der Waals surface area contributed by atoms with Crippen LogP contribution >= 0.6 is 0 Å². The Morgan fingerprint density at radius 3 is 2.50 bits per heavy atom. The number of rotatable bonds is 10. The van der Waals surface area contributed by atoms with Crippen LogP contribution in [0.5, 0.6) is 5.75 Å². The van der Waals surface area contributed by atoms with Crippen molar-refractivity contribution in [3.05, 3.63) is 29.8 Å². The van der Waals surface area contributed by atoms with E-state index in [-0.39, 0.29) is 11.8 Å². The molecule has 112 valence electrons. The van der Waals surface area contributed by atoms with E-state index in [1.54, 1.807) is 0 Å². The van der Waals surface area contributed by atoms with Crippen molar-refractivity contribution in [2.75, 3.05) is 26.4 Å². The Labute approximate surface area is 121 Å². The van der Waals surface area contributed by atoms with Crippen LogP contribution in [0.15, 0.2) is 24.3 Å². The highest BCUT2D eigenvalue weighted by molar-refractivity contribution is 5.99. The third-order valence-electron chi connectivity index (χ3n) is 2.96. The number of ether oxygens (including phenoxy) is 2. The van der Waals surface area contributed by atoms with Gasteiger partial charge in [-0.05, 0) is 58.0 Å². The van der Waals surface area contributed by atoms with E-state index < -0.39 is 0 Å². The van der Waals surface area contributed by atoms with Crippen LogP contribution in [0.25, 0.3) is 0 Å². The van der Waals surface area contributed by atoms with Gasteiger partial charge in [-0.25, -0.2) is 0 Å². The third kappa shape index (κ3) is 5.72. The summed E-state index contributed by atoms with van der Waals surface area (Å²) in [5.41, 5.74) is 0.707. The van der Waals surface area contributed by atoms with E-state index in [2.05, 4.69) is 5.32 Å². The largest absolute Gasteiger partial charge is 0.494 e. The zero-order valence-corrected chi connectivity index (χ0v) is 12.6. The van der Waals surface area contributed by atoms with Gasteiger partial charge in [0.15, 0.2) is 5.78 Å². The molecule has 0 bridgehead atoms. The van der Waals surface area contributed by atoms with Gasteiger partial charge in [-0.3, -0.25) is 4.79 Å². The molecule has 0 aliphatic carbocycles. The molecule has 0 spiro atoms. The number of nitrogens with one attached hydrogen (secondary N) is 1. The van der Waals surface area contributed by atoms with Crippen molar-refractivity contribution >= 4 is 5.78 Å². The molecule has 1 atom stereocenters. The summed E-state index contributed by atoms with van der Waals surface area (Å²) in [4.78, 5) is 12.2. The first-order valence-corrected chi connectivity index (χ1v) is 7.27. The average molecular weight is 279 g/mol. The second-order valence-corrected chi connectivity index (χ2v) is 4.55. The summed E-state index contributed by atoms with van der Waals surface area (Å²) in [5, 5.41) is 3.22. The number of carbonyl (C=O) groups excluding carboxylic acids is 1. The lowest BCUT2D eigenvalue weighted by Gasteiger charge is -2.13. The molecule has 1 aromatic carbocycles. The number of benzene rings is 1. The normalized spacial score (nSPS) is 12.2. The SMILES string of the molecule is CCOCCCNC(C)C(=O)c1ccc(OCC)cc1. The molecule has 0 saturated carbocycles. The van der Waals surface area contributed by atoms with Gasteiger partial charge in [0.1, 0.15) is 5.75 Å². The molecule has 0 aliphatic rings. The Bertz CT molecular complexity index is 389. The molecule has 0 heterocycles. The predicted octanol–water partition coefficient (Wildman–Crippen LogP) is 2.67. The second-order valence-electron chi connectivity index (χ2n) is 4.55. The van der Waals surface area contributed by atoms with Gasteiger partial charge in [0, 0.05) is 18.8 Å². The first-order valence-electron chi connectivity index (χ1n) is 7.27. The maximum Gasteiger partial charge on any atom is 0.179 e. The fourth-order valence-electron chi connectivity index (χ4n) is 1.86. The molecule has 1 aromatic rings. The quantitative estimate of drug-likeness (QED) is 0.528. The molecular formula is C16H25NO3. The van der Waals surface area contributed by atoms with E-state index in [0.29, 0.717) is 12.2 Å². The van der Waals surface area contributed by atoms with Gasteiger partial charge in [0.2, 0.25) is 0 Å². The second kappa shape index (κ2) is 9.50. The van der Waals surface area contributed by atoms with Crippen molar-refractivity contribution in [2.24, 2.45) is 0 Å². The van der Waals surface area contributed by atoms with E-state index >= 15 is 0 Å². The summed E-state index contributed by atoms with van der Waals surface area (Å²) in [7, 11) is 0. The van der Waals surface area contributed by atoms with E-state index in [9.17, 15) is 4.79 Å². The number of hydrogen-bond acceptors (Lipinski definition) is 4. The average Bonchev–Trinajstić information content (AvgIpc) is 2.47. The topological polar surface area (TPSA) is 47.6 Å². The van der Waals surface area contributed by atoms with Gasteiger partial charge in [-0.2, -0.15) is 0 Å². The lowest BCUT2D eigenvalue weighted by molar-refractivity contribution is 0.0946. The molecule has 0 aromatic heterocycles. The van der Waals surface area contributed by atoms with Crippen LogP contribution in [0.4, 0.5) is 0 Å². The van der Waals surface area contributed by atoms with Gasteiger partial charge >= 0.3 is 0 Å². The smallest absolute Gasteiger partial charge is 0.179 e. The highest BCUT2D eigenvalue weighted by Gasteiger charge is 2.14. The van der Waals surface area contributed by atoms with Crippen LogP contribution in [0.1, 0.15) is 37.6 Å². The molecule has 1 unspecified atom stereocenters. The zero-order chi connectivity index (χ0) is 14.8. The van der Waals surface area contributed by atoms with Gasteiger partial charge < -0.3 is 14.8 Å². The molecule has 0 fully saturated rings. The minimum Gasteiger partial charge on any atom is -0.494 e. The Balaban J connectivity index is 2.39. The fourth-order valence-corrected chi connectivity index (χ4v) is 1.86. The lowest BCUT2D eigenvalue weighted by atomic mass is 10.1. The van der Waals surface area contributed by atoms with Crippen LogP contribution in [0, 0.1) is 0 Å². The fraction of sp³-hybridized carbons (Fsp3) is 0.562. The summed E-state index contributed by atoms with van der Waals surface area (Å²) in [5.74, 6) is 0.894. The molecule has 0 radical (unpaired) electrons. The van der Waals surface area contributed by atoms with Crippen molar-refractivity contribution in [2.45, 2.75) is 33.2 Å². The number of carbonyl (C=O) groups is 1. The van der Waals surface area contributed by atoms with Crippen molar-refractivity contribution in [3.63, 3.8) is 0 Å². The molecule has 4 heteroatoms. The maximum absolute atomic E-state index is 12.2. The highest BCUT2D eigenvalue weighted by Crippen LogP contribution is 2.13. The molecule has 20 heavy (non-hydrogen) atoms. The summed E-state index contributed by atoms with van der Waals surface area (Å²) in [6.07, 6.45) is 0.911. The van der Waals surface area contributed by atoms with Crippen LogP contribution in [-0.4, -0.2) is 38.2 Å². The van der Waals surface area contributed by atoms with E-state index in [0.717, 1.165) is 31.9 Å². The zero-order valence-electron chi connectivity index (χ0n) is 12.6. The Morgan fingerprint density at radius 1 is 1.20 bits per heavy atom. The first-order chi connectivity index (χ1) is 9.69. The molecule has 0 aliphatic heterocycles. The summed E-state index contributed by atoms with van der Waals surface area (Å²) < 4.78 is 10.6. The summed E-state index contributed by atoms with van der Waals surface area (Å²) >= 11 is 0. The lowest BCUT2D eigenvalue weighted by Crippen LogP contribution is -2.35. The minimum atomic E-state index is -0.186. The molecular weight excluding hydrogens is 254 g/mol. The number of Topliss-reactive ketones (excluding diaryl/α,β-unsaturated/α-hetero) is 1. The van der Waals surface area contributed by atoms with Crippen molar-refractivity contribution < 1.29 is 14.3 Å². The monoisotopic (exact) mass is 279 g/mol. The molecule has 4 nitrogen and oxygen atoms in total. The highest BCUT2D eigenvalue weighted by atomic mass is 16.5. The van der Waals surface area contributed by atoms with E-state index in [4.69, 9.17) is 9.47 Å². The van der Waals surface area contributed by atoms with Crippen LogP contribution in [-0.2, 0) is 4.74 Å².